The second-order valence-corrected chi connectivity index (χ2v) is 2.80. The summed E-state index contributed by atoms with van der Waals surface area (Å²) in [4.78, 5) is 0. The fourth-order valence-corrected chi connectivity index (χ4v) is 1.00. The maximum Gasteiger partial charge on any atom is 0.125 e. The van der Waals surface area contributed by atoms with Crippen LogP contribution < -0.4 is 0 Å². The van der Waals surface area contributed by atoms with Gasteiger partial charge in [-0.1, -0.05) is 5.92 Å². The average Bonchev–Trinajstić information content (AvgIpc) is 2.41. The normalized spacial score (nSPS) is 23.9. The smallest absolute Gasteiger partial charge is 0.125 e. The highest BCUT2D eigenvalue weighted by Crippen LogP contribution is 2.38. The van der Waals surface area contributed by atoms with Crippen LogP contribution in [0.3, 0.4) is 0 Å². The Kier molecular flexibility index (Phi) is 1.50. The van der Waals surface area contributed by atoms with E-state index in [0.717, 1.165) is 12.8 Å². The van der Waals surface area contributed by atoms with Gasteiger partial charge in [0.1, 0.15) is 5.60 Å². The number of hydrogen-bond acceptors (Lipinski definition) is 1. The quantitative estimate of drug-likeness (QED) is 0.520. The third-order valence-corrected chi connectivity index (χ3v) is 1.75. The molecule has 9 heavy (non-hydrogen) atoms. The molecule has 0 aromatic rings. The van der Waals surface area contributed by atoms with Crippen molar-refractivity contribution in [3.63, 3.8) is 0 Å². The SMILES string of the molecule is CC#CC(C)(O)C1CC1. The summed E-state index contributed by atoms with van der Waals surface area (Å²) in [6, 6.07) is 0. The molecule has 0 aliphatic heterocycles. The molecule has 0 spiro atoms. The maximum atomic E-state index is 9.48. The van der Waals surface area contributed by atoms with E-state index in [0.29, 0.717) is 5.92 Å². The lowest BCUT2D eigenvalue weighted by Gasteiger charge is -2.13. The Hall–Kier alpha value is -0.480. The van der Waals surface area contributed by atoms with Gasteiger partial charge < -0.3 is 5.11 Å². The van der Waals surface area contributed by atoms with E-state index in [1.165, 1.54) is 0 Å². The van der Waals surface area contributed by atoms with Gasteiger partial charge in [0.05, 0.1) is 0 Å². The van der Waals surface area contributed by atoms with E-state index in [1.54, 1.807) is 13.8 Å². The predicted molar refractivity (Wildman–Crippen MR) is 36.8 cm³/mol. The van der Waals surface area contributed by atoms with Crippen molar-refractivity contribution in [1.82, 2.24) is 0 Å². The Balaban J connectivity index is 2.55. The average molecular weight is 124 g/mol. The molecule has 1 saturated carbocycles. The Bertz CT molecular complexity index is 155. The minimum atomic E-state index is -0.700. The van der Waals surface area contributed by atoms with Crippen LogP contribution in [0.15, 0.2) is 0 Å². The van der Waals surface area contributed by atoms with Gasteiger partial charge >= 0.3 is 0 Å². The van der Waals surface area contributed by atoms with Crippen LogP contribution in [0.4, 0.5) is 0 Å². The first-order valence-corrected chi connectivity index (χ1v) is 3.33. The molecule has 0 bridgehead atoms. The van der Waals surface area contributed by atoms with E-state index in [2.05, 4.69) is 11.8 Å². The Morgan fingerprint density at radius 3 is 2.44 bits per heavy atom. The van der Waals surface area contributed by atoms with Gasteiger partial charge in [0.2, 0.25) is 0 Å². The molecule has 1 rings (SSSR count). The van der Waals surface area contributed by atoms with Crippen LogP contribution in [0.1, 0.15) is 26.7 Å². The van der Waals surface area contributed by atoms with E-state index < -0.39 is 5.60 Å². The highest BCUT2D eigenvalue weighted by molar-refractivity contribution is 5.15. The summed E-state index contributed by atoms with van der Waals surface area (Å²) in [6.45, 7) is 3.55. The van der Waals surface area contributed by atoms with E-state index in [4.69, 9.17) is 0 Å². The summed E-state index contributed by atoms with van der Waals surface area (Å²) in [5.74, 6) is 5.97. The van der Waals surface area contributed by atoms with Gasteiger partial charge in [-0.05, 0) is 32.6 Å². The summed E-state index contributed by atoms with van der Waals surface area (Å²) >= 11 is 0. The van der Waals surface area contributed by atoms with E-state index >= 15 is 0 Å². The number of aliphatic hydroxyl groups is 1. The maximum absolute atomic E-state index is 9.48. The summed E-state index contributed by atoms with van der Waals surface area (Å²) < 4.78 is 0. The lowest BCUT2D eigenvalue weighted by atomic mass is 10.0. The van der Waals surface area contributed by atoms with Crippen molar-refractivity contribution in [2.45, 2.75) is 32.3 Å². The molecule has 1 aliphatic carbocycles. The topological polar surface area (TPSA) is 20.2 Å². The molecule has 1 aliphatic rings. The fraction of sp³-hybridized carbons (Fsp3) is 0.750. The van der Waals surface area contributed by atoms with E-state index in [9.17, 15) is 5.11 Å². The van der Waals surface area contributed by atoms with Crippen LogP contribution in [0.25, 0.3) is 0 Å². The van der Waals surface area contributed by atoms with Crippen LogP contribution in [0.2, 0.25) is 0 Å². The lowest BCUT2D eigenvalue weighted by Crippen LogP contribution is -2.23. The van der Waals surface area contributed by atoms with Crippen molar-refractivity contribution in [2.75, 3.05) is 0 Å². The van der Waals surface area contributed by atoms with E-state index in [-0.39, 0.29) is 0 Å². The van der Waals surface area contributed by atoms with Crippen LogP contribution >= 0.6 is 0 Å². The Morgan fingerprint density at radius 1 is 1.56 bits per heavy atom. The molecule has 50 valence electrons. The first kappa shape index (κ1) is 6.64. The zero-order valence-electron chi connectivity index (χ0n) is 5.94. The zero-order chi connectivity index (χ0) is 6.91. The summed E-state index contributed by atoms with van der Waals surface area (Å²) in [5.41, 5.74) is -0.700. The van der Waals surface area contributed by atoms with Crippen molar-refractivity contribution in [3.8, 4) is 11.8 Å². The van der Waals surface area contributed by atoms with Crippen molar-refractivity contribution in [2.24, 2.45) is 5.92 Å². The van der Waals surface area contributed by atoms with Crippen LogP contribution in [-0.4, -0.2) is 10.7 Å². The molecular formula is C8H12O. The highest BCUT2D eigenvalue weighted by atomic mass is 16.3. The third-order valence-electron chi connectivity index (χ3n) is 1.75. The zero-order valence-corrected chi connectivity index (χ0v) is 5.94. The first-order valence-electron chi connectivity index (χ1n) is 3.33. The second-order valence-electron chi connectivity index (χ2n) is 2.80. The largest absolute Gasteiger partial charge is 0.378 e. The van der Waals surface area contributed by atoms with Crippen molar-refractivity contribution >= 4 is 0 Å². The molecular weight excluding hydrogens is 112 g/mol. The third kappa shape index (κ3) is 1.46. The number of rotatable bonds is 1. The lowest BCUT2D eigenvalue weighted by molar-refractivity contribution is 0.0980. The fourth-order valence-electron chi connectivity index (χ4n) is 1.00. The summed E-state index contributed by atoms with van der Waals surface area (Å²) in [6.07, 6.45) is 2.28. The molecule has 0 amide bonds. The summed E-state index contributed by atoms with van der Waals surface area (Å²) in [5, 5.41) is 9.48. The molecule has 0 aromatic heterocycles. The molecule has 1 heteroatoms. The summed E-state index contributed by atoms with van der Waals surface area (Å²) in [7, 11) is 0. The van der Waals surface area contributed by atoms with Gasteiger partial charge in [-0.15, -0.1) is 5.92 Å². The second kappa shape index (κ2) is 2.04. The molecule has 0 heterocycles. The number of hydrogen-bond donors (Lipinski definition) is 1. The molecule has 1 fully saturated rings. The van der Waals surface area contributed by atoms with Gasteiger partial charge in [-0.2, -0.15) is 0 Å². The molecule has 1 atom stereocenters. The minimum absolute atomic E-state index is 0.449. The molecule has 1 nitrogen and oxygen atoms in total. The molecule has 0 saturated heterocycles. The van der Waals surface area contributed by atoms with Crippen LogP contribution in [0.5, 0.6) is 0 Å². The highest BCUT2D eigenvalue weighted by Gasteiger charge is 2.38. The van der Waals surface area contributed by atoms with Gasteiger partial charge in [0, 0.05) is 0 Å². The first-order chi connectivity index (χ1) is 4.17. The Morgan fingerprint density at radius 2 is 2.11 bits per heavy atom. The van der Waals surface area contributed by atoms with Crippen LogP contribution in [-0.2, 0) is 0 Å². The monoisotopic (exact) mass is 124 g/mol. The standard InChI is InChI=1S/C8H12O/c1-3-6-8(2,9)7-4-5-7/h7,9H,4-5H2,1-2H3. The van der Waals surface area contributed by atoms with Gasteiger partial charge in [-0.25, -0.2) is 0 Å². The van der Waals surface area contributed by atoms with Gasteiger partial charge in [0.15, 0.2) is 0 Å². The molecule has 0 aromatic carbocycles. The molecule has 1 unspecified atom stereocenters. The van der Waals surface area contributed by atoms with Crippen molar-refractivity contribution in [3.05, 3.63) is 0 Å². The minimum Gasteiger partial charge on any atom is -0.378 e. The van der Waals surface area contributed by atoms with E-state index in [1.807, 2.05) is 0 Å². The van der Waals surface area contributed by atoms with Crippen molar-refractivity contribution < 1.29 is 5.11 Å². The molecule has 1 N–H and O–H groups in total. The van der Waals surface area contributed by atoms with Crippen LogP contribution in [0, 0.1) is 17.8 Å². The Labute approximate surface area is 56.1 Å². The van der Waals surface area contributed by atoms with Gasteiger partial charge in [0.25, 0.3) is 0 Å². The van der Waals surface area contributed by atoms with Crippen molar-refractivity contribution in [1.29, 1.82) is 0 Å². The van der Waals surface area contributed by atoms with Gasteiger partial charge in [-0.3, -0.25) is 0 Å². The molecule has 0 radical (unpaired) electrons. The predicted octanol–water partition coefficient (Wildman–Crippen LogP) is 1.17.